The first-order valence-electron chi connectivity index (χ1n) is 8.63. The van der Waals surface area contributed by atoms with Crippen molar-refractivity contribution >= 4 is 11.9 Å². The van der Waals surface area contributed by atoms with E-state index in [9.17, 15) is 14.7 Å². The molecule has 0 saturated carbocycles. The van der Waals surface area contributed by atoms with E-state index < -0.39 is 5.97 Å². The summed E-state index contributed by atoms with van der Waals surface area (Å²) < 4.78 is 5.07. The number of amides is 1. The molecular formula is C17H25N3O4. The van der Waals surface area contributed by atoms with E-state index in [0.717, 1.165) is 32.4 Å². The fourth-order valence-electron chi connectivity index (χ4n) is 4.08. The molecule has 1 aromatic heterocycles. The third-order valence-electron chi connectivity index (χ3n) is 5.35. The molecule has 2 aliphatic heterocycles. The van der Waals surface area contributed by atoms with Gasteiger partial charge in [0.1, 0.15) is 6.04 Å². The minimum absolute atomic E-state index is 0.0202. The van der Waals surface area contributed by atoms with Crippen molar-refractivity contribution in [2.75, 3.05) is 26.2 Å². The van der Waals surface area contributed by atoms with Gasteiger partial charge >= 0.3 is 5.97 Å². The van der Waals surface area contributed by atoms with Crippen LogP contribution in [-0.4, -0.2) is 64.2 Å². The Bertz CT molecular complexity index is 619. The van der Waals surface area contributed by atoms with E-state index in [2.05, 4.69) is 17.0 Å². The third kappa shape index (κ3) is 3.17. The monoisotopic (exact) mass is 335 g/mol. The van der Waals surface area contributed by atoms with Crippen LogP contribution in [0.5, 0.6) is 0 Å². The summed E-state index contributed by atoms with van der Waals surface area (Å²) in [6.07, 6.45) is 3.33. The topological polar surface area (TPSA) is 86.9 Å². The van der Waals surface area contributed by atoms with Crippen molar-refractivity contribution in [2.24, 2.45) is 5.41 Å². The lowest BCUT2D eigenvalue weighted by Crippen LogP contribution is -2.44. The quantitative estimate of drug-likeness (QED) is 0.902. The number of carbonyl (C=O) groups excluding carboxylic acids is 1. The molecule has 1 N–H and O–H groups in total. The second-order valence-corrected chi connectivity index (χ2v) is 7.15. The van der Waals surface area contributed by atoms with Crippen molar-refractivity contribution < 1.29 is 19.2 Å². The molecule has 0 aromatic carbocycles. The first kappa shape index (κ1) is 17.0. The number of aromatic nitrogens is 1. The average molecular weight is 335 g/mol. The van der Waals surface area contributed by atoms with Crippen molar-refractivity contribution in [3.8, 4) is 0 Å². The number of nitrogens with zero attached hydrogens (tertiary/aromatic N) is 3. The second kappa shape index (κ2) is 6.55. The van der Waals surface area contributed by atoms with Gasteiger partial charge in [0, 0.05) is 25.7 Å². The molecule has 3 heterocycles. The van der Waals surface area contributed by atoms with Gasteiger partial charge in [-0.25, -0.2) is 0 Å². The maximum absolute atomic E-state index is 12.4. The van der Waals surface area contributed by atoms with E-state index in [4.69, 9.17) is 4.52 Å². The summed E-state index contributed by atoms with van der Waals surface area (Å²) in [4.78, 5) is 27.9. The normalized spacial score (nSPS) is 23.8. The zero-order chi connectivity index (χ0) is 17.3. The predicted molar refractivity (Wildman–Crippen MR) is 86.7 cm³/mol. The molecule has 132 valence electrons. The molecule has 2 fully saturated rings. The smallest absolute Gasteiger partial charge is 0.320 e. The number of aryl methyl sites for hydroxylation is 1. The first-order chi connectivity index (χ1) is 11.4. The molecule has 0 aliphatic carbocycles. The SMILES string of the molecule is CCCN1CC2(CCN(C(=O)c3cc(C)no3)CC2)CC1C(=O)O. The minimum atomic E-state index is -0.726. The van der Waals surface area contributed by atoms with Gasteiger partial charge in [-0.05, 0) is 44.6 Å². The number of rotatable bonds is 4. The Labute approximate surface area is 141 Å². The van der Waals surface area contributed by atoms with Crippen LogP contribution >= 0.6 is 0 Å². The molecule has 3 rings (SSSR count). The van der Waals surface area contributed by atoms with Crippen LogP contribution in [0, 0.1) is 12.3 Å². The molecule has 1 unspecified atom stereocenters. The average Bonchev–Trinajstić information content (AvgIpc) is 3.13. The van der Waals surface area contributed by atoms with Gasteiger partial charge in [0.25, 0.3) is 5.91 Å². The summed E-state index contributed by atoms with van der Waals surface area (Å²) in [5.74, 6) is -0.564. The zero-order valence-electron chi connectivity index (χ0n) is 14.3. The summed E-state index contributed by atoms with van der Waals surface area (Å²) in [6.45, 7) is 6.79. The van der Waals surface area contributed by atoms with Gasteiger partial charge in [-0.1, -0.05) is 12.1 Å². The Morgan fingerprint density at radius 1 is 1.42 bits per heavy atom. The summed E-state index contributed by atoms with van der Waals surface area (Å²) in [7, 11) is 0. The molecule has 24 heavy (non-hydrogen) atoms. The maximum atomic E-state index is 12.4. The van der Waals surface area contributed by atoms with Crippen LogP contribution in [0.25, 0.3) is 0 Å². The lowest BCUT2D eigenvalue weighted by Gasteiger charge is -2.39. The molecule has 1 spiro atoms. The largest absolute Gasteiger partial charge is 0.480 e. The molecule has 1 aromatic rings. The zero-order valence-corrected chi connectivity index (χ0v) is 14.3. The Balaban J connectivity index is 1.64. The van der Waals surface area contributed by atoms with E-state index >= 15 is 0 Å². The van der Waals surface area contributed by atoms with Crippen molar-refractivity contribution in [2.45, 2.75) is 45.6 Å². The number of piperidine rings is 1. The minimum Gasteiger partial charge on any atom is -0.480 e. The summed E-state index contributed by atoms with van der Waals surface area (Å²) in [5, 5.41) is 13.3. The fourth-order valence-corrected chi connectivity index (χ4v) is 4.08. The van der Waals surface area contributed by atoms with Crippen molar-refractivity contribution in [3.63, 3.8) is 0 Å². The van der Waals surface area contributed by atoms with Gasteiger partial charge in [-0.15, -0.1) is 0 Å². The van der Waals surface area contributed by atoms with Crippen LogP contribution < -0.4 is 0 Å². The van der Waals surface area contributed by atoms with Gasteiger partial charge in [-0.3, -0.25) is 14.5 Å². The van der Waals surface area contributed by atoms with Gasteiger partial charge in [0.15, 0.2) is 0 Å². The van der Waals surface area contributed by atoms with Crippen LogP contribution in [-0.2, 0) is 4.79 Å². The molecule has 2 aliphatic rings. The van der Waals surface area contributed by atoms with E-state index in [0.29, 0.717) is 25.2 Å². The Hall–Kier alpha value is -1.89. The van der Waals surface area contributed by atoms with E-state index in [-0.39, 0.29) is 23.1 Å². The van der Waals surface area contributed by atoms with Crippen LogP contribution in [0.15, 0.2) is 10.6 Å². The van der Waals surface area contributed by atoms with E-state index in [1.807, 2.05) is 0 Å². The highest BCUT2D eigenvalue weighted by molar-refractivity contribution is 5.91. The molecule has 0 radical (unpaired) electrons. The number of carboxylic acids is 1. The number of carboxylic acid groups (broad SMARTS) is 1. The maximum Gasteiger partial charge on any atom is 0.320 e. The summed E-state index contributed by atoms with van der Waals surface area (Å²) in [5.41, 5.74) is 0.717. The standard InChI is InChI=1S/C17H25N3O4/c1-3-6-20-11-17(10-13(20)16(22)23)4-7-19(8-5-17)15(21)14-9-12(2)18-24-14/h9,13H,3-8,10-11H2,1-2H3,(H,22,23). The Kier molecular flexibility index (Phi) is 4.62. The molecule has 1 atom stereocenters. The summed E-state index contributed by atoms with van der Waals surface area (Å²) in [6, 6.07) is 1.27. The summed E-state index contributed by atoms with van der Waals surface area (Å²) >= 11 is 0. The van der Waals surface area contributed by atoms with Crippen molar-refractivity contribution in [1.82, 2.24) is 15.0 Å². The number of hydrogen-bond donors (Lipinski definition) is 1. The van der Waals surface area contributed by atoms with Crippen molar-refractivity contribution in [3.05, 3.63) is 17.5 Å². The molecule has 7 nitrogen and oxygen atoms in total. The van der Waals surface area contributed by atoms with Crippen LogP contribution in [0.1, 0.15) is 48.9 Å². The second-order valence-electron chi connectivity index (χ2n) is 7.15. The molecule has 0 bridgehead atoms. The Morgan fingerprint density at radius 2 is 2.12 bits per heavy atom. The molecule has 7 heteroatoms. The lowest BCUT2D eigenvalue weighted by molar-refractivity contribution is -0.142. The van der Waals surface area contributed by atoms with Crippen LogP contribution in [0.4, 0.5) is 0 Å². The Morgan fingerprint density at radius 3 is 2.67 bits per heavy atom. The van der Waals surface area contributed by atoms with Gasteiger partial charge in [-0.2, -0.15) is 0 Å². The van der Waals surface area contributed by atoms with Crippen LogP contribution in [0.3, 0.4) is 0 Å². The van der Waals surface area contributed by atoms with E-state index in [1.54, 1.807) is 17.9 Å². The van der Waals surface area contributed by atoms with E-state index in [1.165, 1.54) is 0 Å². The highest BCUT2D eigenvalue weighted by Crippen LogP contribution is 2.43. The third-order valence-corrected chi connectivity index (χ3v) is 5.35. The number of hydrogen-bond acceptors (Lipinski definition) is 5. The number of aliphatic carboxylic acids is 1. The lowest BCUT2D eigenvalue weighted by atomic mass is 9.76. The molecular weight excluding hydrogens is 310 g/mol. The highest BCUT2D eigenvalue weighted by Gasteiger charge is 2.48. The van der Waals surface area contributed by atoms with Gasteiger partial charge in [0.05, 0.1) is 5.69 Å². The van der Waals surface area contributed by atoms with Crippen LogP contribution in [0.2, 0.25) is 0 Å². The van der Waals surface area contributed by atoms with Gasteiger partial charge in [0.2, 0.25) is 5.76 Å². The predicted octanol–water partition coefficient (Wildman–Crippen LogP) is 1.77. The number of carbonyl (C=O) groups is 2. The highest BCUT2D eigenvalue weighted by atomic mass is 16.5. The van der Waals surface area contributed by atoms with Gasteiger partial charge < -0.3 is 14.5 Å². The number of likely N-dealkylation sites (tertiary alicyclic amines) is 2. The molecule has 1 amide bonds. The fraction of sp³-hybridized carbons (Fsp3) is 0.706. The molecule has 2 saturated heterocycles. The van der Waals surface area contributed by atoms with Crippen molar-refractivity contribution in [1.29, 1.82) is 0 Å². The first-order valence-corrected chi connectivity index (χ1v) is 8.63.